The number of ether oxygens (including phenoxy) is 3. The van der Waals surface area contributed by atoms with Crippen LogP contribution in [-0.4, -0.2) is 60.4 Å². The molecule has 0 spiro atoms. The van der Waals surface area contributed by atoms with E-state index in [1.54, 1.807) is 26.2 Å². The molecule has 36 heavy (non-hydrogen) atoms. The highest BCUT2D eigenvalue weighted by Crippen LogP contribution is 2.27. The van der Waals surface area contributed by atoms with Gasteiger partial charge < -0.3 is 24.1 Å². The molecule has 1 N–H and O–H groups in total. The second-order valence-electron chi connectivity index (χ2n) is 8.43. The van der Waals surface area contributed by atoms with E-state index in [9.17, 15) is 9.59 Å². The predicted octanol–water partition coefficient (Wildman–Crippen LogP) is 3.66. The van der Waals surface area contributed by atoms with E-state index >= 15 is 0 Å². The topological polar surface area (TPSA) is 107 Å². The van der Waals surface area contributed by atoms with Crippen molar-refractivity contribution in [3.63, 3.8) is 0 Å². The normalized spacial score (nSPS) is 10.7. The summed E-state index contributed by atoms with van der Waals surface area (Å²) in [6, 6.07) is 13.1. The average Bonchev–Trinajstić information content (AvgIpc) is 2.90. The lowest BCUT2D eigenvalue weighted by Gasteiger charge is -2.17. The molecule has 0 fully saturated rings. The van der Waals surface area contributed by atoms with Crippen molar-refractivity contribution in [2.75, 3.05) is 34.4 Å². The van der Waals surface area contributed by atoms with Crippen molar-refractivity contribution < 1.29 is 19.0 Å². The summed E-state index contributed by atoms with van der Waals surface area (Å²) in [5.74, 6) is 2.33. The van der Waals surface area contributed by atoms with E-state index in [4.69, 9.17) is 14.2 Å². The minimum absolute atomic E-state index is 0.0716. The first-order chi connectivity index (χ1) is 17.4. The number of rotatable bonds is 13. The van der Waals surface area contributed by atoms with Crippen LogP contribution in [0.4, 0.5) is 0 Å². The second-order valence-corrected chi connectivity index (χ2v) is 8.43. The van der Waals surface area contributed by atoms with Crippen molar-refractivity contribution in [1.82, 2.24) is 20.1 Å². The molecule has 9 nitrogen and oxygen atoms in total. The largest absolute Gasteiger partial charge is 0.494 e. The molecular weight excluding hydrogens is 460 g/mol. The molecule has 3 rings (SSSR count). The molecule has 2 aromatic carbocycles. The number of carbonyl (C=O) groups excluding carboxylic acids is 1. The molecule has 1 heterocycles. The number of aryl methyl sites for hydroxylation is 1. The number of methoxy groups -OCH3 is 2. The minimum atomic E-state index is -0.349. The minimum Gasteiger partial charge on any atom is -0.494 e. The maximum Gasteiger partial charge on any atom is 0.273 e. The highest BCUT2D eigenvalue weighted by molar-refractivity contribution is 5.76. The third-order valence-corrected chi connectivity index (χ3v) is 5.82. The fourth-order valence-corrected chi connectivity index (χ4v) is 3.60. The van der Waals surface area contributed by atoms with Crippen LogP contribution in [0.5, 0.6) is 17.2 Å². The maximum atomic E-state index is 12.6. The molecule has 0 aliphatic carbocycles. The molecule has 0 unspecified atom stereocenters. The number of aromatic amines is 1. The van der Waals surface area contributed by atoms with Crippen LogP contribution in [0.2, 0.25) is 0 Å². The van der Waals surface area contributed by atoms with Crippen LogP contribution in [-0.2, 0) is 17.6 Å². The number of benzene rings is 2. The van der Waals surface area contributed by atoms with Gasteiger partial charge in [0.2, 0.25) is 5.91 Å². The monoisotopic (exact) mass is 494 g/mol. The van der Waals surface area contributed by atoms with Crippen molar-refractivity contribution in [2.24, 2.45) is 0 Å². The number of hydrogen-bond acceptors (Lipinski definition) is 7. The number of aromatic nitrogens is 3. The first-order valence-electron chi connectivity index (χ1n) is 12.1. The lowest BCUT2D eigenvalue weighted by molar-refractivity contribution is -0.129. The highest BCUT2D eigenvalue weighted by Gasteiger charge is 2.14. The zero-order valence-electron chi connectivity index (χ0n) is 21.4. The quantitative estimate of drug-likeness (QED) is 0.361. The summed E-state index contributed by atoms with van der Waals surface area (Å²) < 4.78 is 16.3. The Hall–Kier alpha value is -3.88. The summed E-state index contributed by atoms with van der Waals surface area (Å²) in [5, 5.41) is 8.26. The Labute approximate surface area is 211 Å². The summed E-state index contributed by atoms with van der Waals surface area (Å²) in [7, 11) is 4.93. The van der Waals surface area contributed by atoms with Gasteiger partial charge in [-0.3, -0.25) is 9.59 Å². The van der Waals surface area contributed by atoms with Crippen LogP contribution in [0.25, 0.3) is 11.4 Å². The number of carbonyl (C=O) groups is 1. The van der Waals surface area contributed by atoms with Gasteiger partial charge in [0, 0.05) is 32.0 Å². The predicted molar refractivity (Wildman–Crippen MR) is 138 cm³/mol. The standard InChI is InChI=1S/C27H34N4O5/c1-5-6-16-36-21-9-7-8-20(18-21)26-28-27(33)22(29-30-26)11-13-25(32)31(2)15-14-19-10-12-23(34-3)24(17-19)35-4/h7-10,12,17-18H,5-6,11,13-16H2,1-4H3,(H,28,30,33). The molecule has 0 aliphatic heterocycles. The van der Waals surface area contributed by atoms with Gasteiger partial charge in [-0.2, -0.15) is 0 Å². The molecule has 0 saturated carbocycles. The van der Waals surface area contributed by atoms with Gasteiger partial charge in [-0.25, -0.2) is 0 Å². The Morgan fingerprint density at radius 1 is 1.03 bits per heavy atom. The summed E-state index contributed by atoms with van der Waals surface area (Å²) in [4.78, 5) is 29.6. The van der Waals surface area contributed by atoms with Crippen molar-refractivity contribution in [2.45, 2.75) is 39.0 Å². The molecule has 0 radical (unpaired) electrons. The number of nitrogens with zero attached hydrogens (tertiary/aromatic N) is 3. The van der Waals surface area contributed by atoms with Gasteiger partial charge in [-0.1, -0.05) is 31.5 Å². The van der Waals surface area contributed by atoms with E-state index in [1.165, 1.54) is 0 Å². The van der Waals surface area contributed by atoms with E-state index in [0.717, 1.165) is 24.2 Å². The first-order valence-corrected chi connectivity index (χ1v) is 12.1. The zero-order valence-corrected chi connectivity index (χ0v) is 21.4. The Kier molecular flexibility index (Phi) is 9.85. The van der Waals surface area contributed by atoms with Gasteiger partial charge in [0.05, 0.1) is 20.8 Å². The molecule has 192 valence electrons. The number of unbranched alkanes of at least 4 members (excludes halogenated alkanes) is 1. The van der Waals surface area contributed by atoms with E-state index in [2.05, 4.69) is 22.1 Å². The van der Waals surface area contributed by atoms with Gasteiger partial charge in [0.1, 0.15) is 11.4 Å². The van der Waals surface area contributed by atoms with E-state index in [1.807, 2.05) is 42.5 Å². The van der Waals surface area contributed by atoms with Gasteiger partial charge >= 0.3 is 0 Å². The fraction of sp³-hybridized carbons (Fsp3) is 0.407. The van der Waals surface area contributed by atoms with E-state index in [-0.39, 0.29) is 30.0 Å². The van der Waals surface area contributed by atoms with Gasteiger partial charge in [-0.15, -0.1) is 10.2 Å². The summed E-state index contributed by atoms with van der Waals surface area (Å²) in [5.41, 5.74) is 1.63. The number of H-pyrrole nitrogens is 1. The number of hydrogen-bond donors (Lipinski definition) is 1. The molecular formula is C27H34N4O5. The van der Waals surface area contributed by atoms with E-state index in [0.29, 0.717) is 42.5 Å². The van der Waals surface area contributed by atoms with Crippen molar-refractivity contribution in [1.29, 1.82) is 0 Å². The number of nitrogens with one attached hydrogen (secondary N) is 1. The number of amides is 1. The van der Waals surface area contributed by atoms with Crippen LogP contribution in [0.3, 0.4) is 0 Å². The van der Waals surface area contributed by atoms with Crippen LogP contribution >= 0.6 is 0 Å². The first kappa shape index (κ1) is 26.7. The SMILES string of the molecule is CCCCOc1cccc(-c2nnc(CCC(=O)N(C)CCc3ccc(OC)c(OC)c3)c(=O)[nH]2)c1. The molecule has 0 bridgehead atoms. The van der Waals surface area contributed by atoms with Crippen molar-refractivity contribution >= 4 is 5.91 Å². The molecule has 0 aliphatic rings. The lowest BCUT2D eigenvalue weighted by atomic mass is 10.1. The third-order valence-electron chi connectivity index (χ3n) is 5.82. The zero-order chi connectivity index (χ0) is 25.9. The van der Waals surface area contributed by atoms with Crippen molar-refractivity contribution in [3.05, 3.63) is 64.1 Å². The molecule has 0 saturated heterocycles. The molecule has 0 atom stereocenters. The molecule has 1 aromatic heterocycles. The smallest absolute Gasteiger partial charge is 0.273 e. The van der Waals surface area contributed by atoms with E-state index < -0.39 is 0 Å². The molecule has 3 aromatic rings. The van der Waals surface area contributed by atoms with Crippen molar-refractivity contribution in [3.8, 4) is 28.6 Å². The Bertz CT molecular complexity index is 1210. The van der Waals surface area contributed by atoms with Gasteiger partial charge in [0.25, 0.3) is 5.56 Å². The summed E-state index contributed by atoms with van der Waals surface area (Å²) in [6.07, 6.45) is 3.07. The lowest BCUT2D eigenvalue weighted by Crippen LogP contribution is -2.30. The molecule has 9 heteroatoms. The van der Waals surface area contributed by atoms with Gasteiger partial charge in [-0.05, 0) is 42.7 Å². The number of likely N-dealkylation sites (N-methyl/N-ethyl adjacent to an activating group) is 1. The van der Waals surface area contributed by atoms with Gasteiger partial charge in [0.15, 0.2) is 17.3 Å². The Morgan fingerprint density at radius 2 is 1.83 bits per heavy atom. The Balaban J connectivity index is 1.54. The van der Waals surface area contributed by atoms with Crippen LogP contribution in [0.1, 0.15) is 37.4 Å². The van der Waals surface area contributed by atoms with Crippen LogP contribution < -0.4 is 19.8 Å². The van der Waals surface area contributed by atoms with Crippen LogP contribution in [0, 0.1) is 0 Å². The van der Waals surface area contributed by atoms with Crippen LogP contribution in [0.15, 0.2) is 47.3 Å². The Morgan fingerprint density at radius 3 is 2.56 bits per heavy atom. The second kappa shape index (κ2) is 13.3. The summed E-state index contributed by atoms with van der Waals surface area (Å²) >= 11 is 0. The average molecular weight is 495 g/mol. The third kappa shape index (κ3) is 7.31. The molecule has 1 amide bonds. The maximum absolute atomic E-state index is 12.6. The fourth-order valence-electron chi connectivity index (χ4n) is 3.60. The summed E-state index contributed by atoms with van der Waals surface area (Å²) in [6.45, 7) is 3.28. The highest BCUT2D eigenvalue weighted by atomic mass is 16.5.